The summed E-state index contributed by atoms with van der Waals surface area (Å²) in [6.45, 7) is 5.15. The van der Waals surface area contributed by atoms with Crippen LogP contribution < -0.4 is 10.1 Å². The number of likely N-dealkylation sites (tertiary alicyclic amines) is 1. The minimum absolute atomic E-state index is 0.00711. The molecule has 2 heterocycles. The number of aromatic amines is 1. The Morgan fingerprint density at radius 2 is 2.08 bits per heavy atom. The normalized spacial score (nSPS) is 15.4. The molecule has 2 N–H and O–H groups in total. The third-order valence-electron chi connectivity index (χ3n) is 6.08. The van der Waals surface area contributed by atoms with E-state index in [0.29, 0.717) is 32.5 Å². The van der Waals surface area contributed by atoms with Gasteiger partial charge in [0.1, 0.15) is 12.3 Å². The van der Waals surface area contributed by atoms with Crippen LogP contribution in [0.3, 0.4) is 0 Å². The molecule has 1 atom stereocenters. The van der Waals surface area contributed by atoms with Crippen LogP contribution in [0, 0.1) is 0 Å². The van der Waals surface area contributed by atoms with Gasteiger partial charge >= 0.3 is 5.97 Å². The lowest BCUT2D eigenvalue weighted by atomic mass is 10.1. The number of carbonyl (C=O) groups excluding carboxylic acids is 3. The monoisotopic (exact) mass is 499 g/mol. The highest BCUT2D eigenvalue weighted by atomic mass is 16.5. The lowest BCUT2D eigenvalue weighted by Gasteiger charge is -2.31. The predicted molar refractivity (Wildman–Crippen MR) is 134 cm³/mol. The van der Waals surface area contributed by atoms with Crippen LogP contribution >= 0.6 is 0 Å². The fourth-order valence-electron chi connectivity index (χ4n) is 4.45. The number of hydrogen-bond acceptors (Lipinski definition) is 7. The SMILES string of the molecule is COc1ccccc1CN(CC(=O)NCC(=O)OC(C)C)CC1CCCN1C(=O)CCc1cnc[nH]1. The zero-order valence-corrected chi connectivity index (χ0v) is 21.4. The number of benzene rings is 1. The summed E-state index contributed by atoms with van der Waals surface area (Å²) in [5, 5.41) is 2.65. The first-order valence-electron chi connectivity index (χ1n) is 12.4. The quantitative estimate of drug-likeness (QED) is 0.404. The molecular formula is C26H37N5O5. The summed E-state index contributed by atoms with van der Waals surface area (Å²) < 4.78 is 10.6. The van der Waals surface area contributed by atoms with Crippen LogP contribution in [0.15, 0.2) is 36.8 Å². The van der Waals surface area contributed by atoms with Gasteiger partial charge in [0, 0.05) is 49.6 Å². The maximum atomic E-state index is 13.0. The van der Waals surface area contributed by atoms with Gasteiger partial charge in [-0.15, -0.1) is 0 Å². The van der Waals surface area contributed by atoms with Crippen LogP contribution in [0.5, 0.6) is 5.75 Å². The maximum absolute atomic E-state index is 13.0. The van der Waals surface area contributed by atoms with Crippen molar-refractivity contribution in [3.05, 3.63) is 48.0 Å². The van der Waals surface area contributed by atoms with Crippen molar-refractivity contribution >= 4 is 17.8 Å². The second-order valence-electron chi connectivity index (χ2n) is 9.26. The number of nitrogens with one attached hydrogen (secondary N) is 2. The van der Waals surface area contributed by atoms with Crippen molar-refractivity contribution in [1.29, 1.82) is 0 Å². The molecule has 196 valence electrons. The molecule has 1 aromatic heterocycles. The molecule has 3 rings (SSSR count). The molecule has 2 amide bonds. The Hall–Kier alpha value is -3.40. The van der Waals surface area contributed by atoms with Gasteiger partial charge in [-0.1, -0.05) is 18.2 Å². The largest absolute Gasteiger partial charge is 0.496 e. The molecule has 10 nitrogen and oxygen atoms in total. The van der Waals surface area contributed by atoms with E-state index in [1.54, 1.807) is 33.5 Å². The summed E-state index contributed by atoms with van der Waals surface area (Å²) in [6, 6.07) is 7.69. The van der Waals surface area contributed by atoms with Gasteiger partial charge in [0.05, 0.1) is 26.1 Å². The van der Waals surface area contributed by atoms with Crippen LogP contribution in [-0.4, -0.2) is 83.0 Å². The number of nitrogens with zero attached hydrogens (tertiary/aromatic N) is 3. The molecule has 36 heavy (non-hydrogen) atoms. The first-order valence-corrected chi connectivity index (χ1v) is 12.4. The minimum Gasteiger partial charge on any atom is -0.496 e. The van der Waals surface area contributed by atoms with Crippen LogP contribution in [0.4, 0.5) is 0 Å². The number of hydrogen-bond donors (Lipinski definition) is 2. The second-order valence-corrected chi connectivity index (χ2v) is 9.26. The summed E-state index contributed by atoms with van der Waals surface area (Å²) in [7, 11) is 1.62. The number of ether oxygens (including phenoxy) is 2. The van der Waals surface area contributed by atoms with E-state index < -0.39 is 5.97 Å². The number of para-hydroxylation sites is 1. The first kappa shape index (κ1) is 27.2. The minimum atomic E-state index is -0.473. The van der Waals surface area contributed by atoms with Crippen LogP contribution in [0.2, 0.25) is 0 Å². The van der Waals surface area contributed by atoms with Crippen molar-refractivity contribution in [3.8, 4) is 5.75 Å². The Kier molecular flexibility index (Phi) is 10.3. The van der Waals surface area contributed by atoms with E-state index in [1.165, 1.54) is 0 Å². The van der Waals surface area contributed by atoms with Crippen molar-refractivity contribution in [1.82, 2.24) is 25.1 Å². The maximum Gasteiger partial charge on any atom is 0.325 e. The molecular weight excluding hydrogens is 462 g/mol. The Morgan fingerprint density at radius 3 is 2.81 bits per heavy atom. The molecule has 1 saturated heterocycles. The number of methoxy groups -OCH3 is 1. The second kappa shape index (κ2) is 13.6. The van der Waals surface area contributed by atoms with E-state index in [0.717, 1.165) is 29.8 Å². The smallest absolute Gasteiger partial charge is 0.325 e. The van der Waals surface area contributed by atoms with E-state index in [1.807, 2.05) is 34.1 Å². The van der Waals surface area contributed by atoms with Gasteiger partial charge in [-0.2, -0.15) is 0 Å². The molecule has 0 aliphatic carbocycles. The number of imidazole rings is 1. The third kappa shape index (κ3) is 8.37. The molecule has 1 fully saturated rings. The summed E-state index contributed by atoms with van der Waals surface area (Å²) in [5.74, 6) is 0.0905. The van der Waals surface area contributed by atoms with Crippen molar-refractivity contribution in [2.75, 3.05) is 33.3 Å². The first-order chi connectivity index (χ1) is 17.4. The standard InChI is InChI=1S/C26H37N5O5/c1-19(2)36-26(34)14-28-24(32)17-30(15-20-7-4-5-9-23(20)35-3)16-22-8-6-12-31(22)25(33)11-10-21-13-27-18-29-21/h4-5,7,9,13,18-19,22H,6,8,10-12,14-17H2,1-3H3,(H,27,29)(H,28,32). The van der Waals surface area contributed by atoms with Gasteiger partial charge in [-0.25, -0.2) is 4.98 Å². The van der Waals surface area contributed by atoms with E-state index in [-0.39, 0.29) is 37.0 Å². The van der Waals surface area contributed by atoms with Gasteiger partial charge in [-0.3, -0.25) is 19.3 Å². The lowest BCUT2D eigenvalue weighted by Crippen LogP contribution is -2.46. The highest BCUT2D eigenvalue weighted by molar-refractivity contribution is 5.83. The molecule has 0 radical (unpaired) electrons. The lowest BCUT2D eigenvalue weighted by molar-refractivity contribution is -0.147. The van der Waals surface area contributed by atoms with Crippen molar-refractivity contribution in [2.45, 2.75) is 58.2 Å². The molecule has 0 bridgehead atoms. The van der Waals surface area contributed by atoms with Crippen molar-refractivity contribution < 1.29 is 23.9 Å². The molecule has 1 aliphatic rings. The van der Waals surface area contributed by atoms with E-state index in [2.05, 4.69) is 15.3 Å². The zero-order chi connectivity index (χ0) is 25.9. The van der Waals surface area contributed by atoms with Gasteiger partial charge < -0.3 is 24.7 Å². The number of esters is 1. The average Bonchev–Trinajstić information content (AvgIpc) is 3.53. The fraction of sp³-hybridized carbons (Fsp3) is 0.538. The van der Waals surface area contributed by atoms with Crippen molar-refractivity contribution in [2.24, 2.45) is 0 Å². The van der Waals surface area contributed by atoms with E-state index >= 15 is 0 Å². The zero-order valence-electron chi connectivity index (χ0n) is 21.4. The Bertz CT molecular complexity index is 994. The Morgan fingerprint density at radius 1 is 1.28 bits per heavy atom. The number of carbonyl (C=O) groups is 3. The number of H-pyrrole nitrogens is 1. The molecule has 10 heteroatoms. The predicted octanol–water partition coefficient (Wildman–Crippen LogP) is 1.91. The Balaban J connectivity index is 1.65. The summed E-state index contributed by atoms with van der Waals surface area (Å²) in [4.78, 5) is 48.6. The van der Waals surface area contributed by atoms with Gasteiger partial charge in [0.2, 0.25) is 11.8 Å². The highest BCUT2D eigenvalue weighted by Gasteiger charge is 2.30. The average molecular weight is 500 g/mol. The molecule has 2 aromatic rings. The van der Waals surface area contributed by atoms with Crippen LogP contribution in [0.1, 0.15) is 44.4 Å². The van der Waals surface area contributed by atoms with Gasteiger partial charge in [0.25, 0.3) is 0 Å². The third-order valence-corrected chi connectivity index (χ3v) is 6.08. The topological polar surface area (TPSA) is 117 Å². The number of rotatable bonds is 13. The highest BCUT2D eigenvalue weighted by Crippen LogP contribution is 2.23. The molecule has 1 aliphatic heterocycles. The van der Waals surface area contributed by atoms with E-state index in [4.69, 9.17) is 9.47 Å². The summed E-state index contributed by atoms with van der Waals surface area (Å²) in [5.41, 5.74) is 1.88. The van der Waals surface area contributed by atoms with Crippen molar-refractivity contribution in [3.63, 3.8) is 0 Å². The van der Waals surface area contributed by atoms with Gasteiger partial charge in [0.15, 0.2) is 0 Å². The molecule has 0 spiro atoms. The molecule has 1 unspecified atom stereocenters. The summed E-state index contributed by atoms with van der Waals surface area (Å²) in [6.07, 6.45) is 5.93. The van der Waals surface area contributed by atoms with Gasteiger partial charge in [-0.05, 0) is 39.2 Å². The number of aryl methyl sites for hydroxylation is 1. The van der Waals surface area contributed by atoms with Crippen LogP contribution in [-0.2, 0) is 32.1 Å². The van der Waals surface area contributed by atoms with E-state index in [9.17, 15) is 14.4 Å². The number of amides is 2. The fourth-order valence-corrected chi connectivity index (χ4v) is 4.45. The molecule has 1 aromatic carbocycles. The Labute approximate surface area is 212 Å². The number of aromatic nitrogens is 2. The molecule has 0 saturated carbocycles. The summed E-state index contributed by atoms with van der Waals surface area (Å²) >= 11 is 0. The van der Waals surface area contributed by atoms with Crippen LogP contribution in [0.25, 0.3) is 0 Å².